The topological polar surface area (TPSA) is 89.3 Å². The third kappa shape index (κ3) is 4.29. The Balaban J connectivity index is 0.000000447. The first-order valence-corrected chi connectivity index (χ1v) is 8.95. The Hall–Kier alpha value is -2.66. The van der Waals surface area contributed by atoms with Crippen LogP contribution in [0.25, 0.3) is 22.6 Å². The predicted molar refractivity (Wildman–Crippen MR) is 102 cm³/mol. The summed E-state index contributed by atoms with van der Waals surface area (Å²) in [6.07, 6.45) is 4.88. The molecule has 4 rings (SSSR count). The third-order valence-corrected chi connectivity index (χ3v) is 4.70. The van der Waals surface area contributed by atoms with Gasteiger partial charge in [0.1, 0.15) is 5.52 Å². The zero-order chi connectivity index (χ0) is 18.5. The maximum absolute atomic E-state index is 9.00. The number of carbonyl (C=O) groups is 1. The van der Waals surface area contributed by atoms with Gasteiger partial charge in [-0.2, -0.15) is 0 Å². The summed E-state index contributed by atoms with van der Waals surface area (Å²) in [5, 5.41) is 7.42. The molecule has 136 valence electrons. The van der Waals surface area contributed by atoms with Crippen LogP contribution in [0.5, 0.6) is 0 Å². The Kier molecular flexibility index (Phi) is 5.68. The van der Waals surface area contributed by atoms with Crippen molar-refractivity contribution >= 4 is 17.1 Å². The van der Waals surface area contributed by atoms with E-state index in [-0.39, 0.29) is 0 Å². The molecule has 2 atom stereocenters. The van der Waals surface area contributed by atoms with Gasteiger partial charge in [0, 0.05) is 18.5 Å². The summed E-state index contributed by atoms with van der Waals surface area (Å²) in [4.78, 5) is 13.5. The van der Waals surface area contributed by atoms with Gasteiger partial charge in [-0.05, 0) is 48.6 Å². The zero-order valence-corrected chi connectivity index (χ0v) is 14.9. The molecule has 3 aromatic rings. The lowest BCUT2D eigenvalue weighted by atomic mass is 9.80. The molecule has 26 heavy (non-hydrogen) atoms. The van der Waals surface area contributed by atoms with Gasteiger partial charge in [-0.25, -0.2) is 4.98 Å². The summed E-state index contributed by atoms with van der Waals surface area (Å²) in [5.41, 5.74) is 10.4. The summed E-state index contributed by atoms with van der Waals surface area (Å²) in [6.45, 7) is 1.08. The van der Waals surface area contributed by atoms with Crippen LogP contribution >= 0.6 is 0 Å². The highest BCUT2D eigenvalue weighted by atomic mass is 16.4. The normalized spacial score (nSPS) is 19.6. The second-order valence-electron chi connectivity index (χ2n) is 6.68. The van der Waals surface area contributed by atoms with E-state index in [1.54, 1.807) is 0 Å². The number of nitrogens with zero attached hydrogens (tertiary/aromatic N) is 1. The fourth-order valence-corrected chi connectivity index (χ4v) is 3.44. The number of rotatable bonds is 2. The summed E-state index contributed by atoms with van der Waals surface area (Å²) in [5.74, 6) is 0.340. The Labute approximate surface area is 152 Å². The van der Waals surface area contributed by atoms with Crippen molar-refractivity contribution in [3.05, 3.63) is 54.1 Å². The first-order chi connectivity index (χ1) is 12.5. The minimum Gasteiger partial charge on any atom is -0.481 e. The van der Waals surface area contributed by atoms with Crippen LogP contribution in [0.3, 0.4) is 0 Å². The number of fused-ring (bicyclic) bond motifs is 1. The number of carboxylic acids is 1. The van der Waals surface area contributed by atoms with Crippen LogP contribution in [0.2, 0.25) is 0 Å². The smallest absolute Gasteiger partial charge is 0.300 e. The summed E-state index contributed by atoms with van der Waals surface area (Å²) < 4.78 is 5.82. The molecule has 5 heteroatoms. The van der Waals surface area contributed by atoms with Crippen molar-refractivity contribution in [1.82, 2.24) is 4.98 Å². The number of aliphatic carboxylic acids is 1. The molecule has 2 unspecified atom stereocenters. The van der Waals surface area contributed by atoms with E-state index >= 15 is 0 Å². The number of benzene rings is 2. The molecule has 5 nitrogen and oxygen atoms in total. The molecule has 0 bridgehead atoms. The molecule has 0 radical (unpaired) electrons. The summed E-state index contributed by atoms with van der Waals surface area (Å²) in [7, 11) is 0. The van der Waals surface area contributed by atoms with E-state index < -0.39 is 5.97 Å². The number of hydrogen-bond acceptors (Lipinski definition) is 4. The van der Waals surface area contributed by atoms with E-state index in [2.05, 4.69) is 29.2 Å². The Morgan fingerprint density at radius 1 is 1.12 bits per heavy atom. The Morgan fingerprint density at radius 3 is 2.42 bits per heavy atom. The second-order valence-corrected chi connectivity index (χ2v) is 6.68. The van der Waals surface area contributed by atoms with Crippen molar-refractivity contribution in [2.75, 3.05) is 0 Å². The lowest BCUT2D eigenvalue weighted by Crippen LogP contribution is -2.31. The fraction of sp³-hybridized carbons (Fsp3) is 0.333. The van der Waals surface area contributed by atoms with Crippen LogP contribution < -0.4 is 5.73 Å². The molecule has 3 N–H and O–H groups in total. The molecule has 0 amide bonds. The molecule has 1 fully saturated rings. The predicted octanol–water partition coefficient (Wildman–Crippen LogP) is 4.57. The van der Waals surface area contributed by atoms with Crippen LogP contribution in [0.4, 0.5) is 0 Å². The van der Waals surface area contributed by atoms with Crippen molar-refractivity contribution in [1.29, 1.82) is 0 Å². The van der Waals surface area contributed by atoms with Crippen molar-refractivity contribution in [3.63, 3.8) is 0 Å². The molecule has 2 aromatic carbocycles. The molecular weight excluding hydrogens is 328 g/mol. The molecule has 0 spiro atoms. The van der Waals surface area contributed by atoms with Crippen LogP contribution in [0.15, 0.2) is 52.9 Å². The standard InChI is InChI=1S/C19H20N2O.C2H4O2/c20-16-6-2-1-5-15(16)13-9-11-14(12-10-13)19-21-17-7-3-4-8-18(17)22-19;1-2(3)4/h3-4,7-12,15-16H,1-2,5-6,20H2;1H3,(H,3,4). The van der Waals surface area contributed by atoms with Gasteiger partial charge in [0.25, 0.3) is 5.97 Å². The minimum atomic E-state index is -0.833. The number of aromatic nitrogens is 1. The number of nitrogens with two attached hydrogens (primary N) is 1. The summed E-state index contributed by atoms with van der Waals surface area (Å²) >= 11 is 0. The van der Waals surface area contributed by atoms with Crippen molar-refractivity contribution in [3.8, 4) is 11.5 Å². The SMILES string of the molecule is CC(=O)O.NC1CCCCC1c1ccc(-c2nc3ccccc3o2)cc1. The highest BCUT2D eigenvalue weighted by molar-refractivity contribution is 5.75. The fourth-order valence-electron chi connectivity index (χ4n) is 3.44. The van der Waals surface area contributed by atoms with E-state index in [4.69, 9.17) is 20.1 Å². The molecule has 0 saturated heterocycles. The average molecular weight is 352 g/mol. The van der Waals surface area contributed by atoms with Gasteiger partial charge in [-0.1, -0.05) is 37.1 Å². The third-order valence-electron chi connectivity index (χ3n) is 4.70. The van der Waals surface area contributed by atoms with E-state index in [0.29, 0.717) is 17.9 Å². The first kappa shape index (κ1) is 18.1. The zero-order valence-electron chi connectivity index (χ0n) is 14.9. The number of carboxylic acid groups (broad SMARTS) is 1. The van der Waals surface area contributed by atoms with Gasteiger partial charge >= 0.3 is 0 Å². The van der Waals surface area contributed by atoms with Crippen LogP contribution in [-0.2, 0) is 4.79 Å². The van der Waals surface area contributed by atoms with Crippen LogP contribution in [0, 0.1) is 0 Å². The van der Waals surface area contributed by atoms with Gasteiger partial charge in [0.15, 0.2) is 5.58 Å². The van der Waals surface area contributed by atoms with Gasteiger partial charge < -0.3 is 15.3 Å². The Bertz CT molecular complexity index is 833. The monoisotopic (exact) mass is 352 g/mol. The number of hydrogen-bond donors (Lipinski definition) is 2. The van der Waals surface area contributed by atoms with E-state index in [1.165, 1.54) is 24.8 Å². The van der Waals surface area contributed by atoms with Crippen molar-refractivity contribution in [2.24, 2.45) is 5.73 Å². The maximum atomic E-state index is 9.00. The molecule has 1 aliphatic rings. The molecule has 1 saturated carbocycles. The maximum Gasteiger partial charge on any atom is 0.300 e. The molecule has 1 aliphatic carbocycles. The Morgan fingerprint density at radius 2 is 1.77 bits per heavy atom. The number of para-hydroxylation sites is 2. The van der Waals surface area contributed by atoms with Crippen molar-refractivity contribution < 1.29 is 14.3 Å². The molecule has 1 heterocycles. The van der Waals surface area contributed by atoms with Crippen LogP contribution in [0.1, 0.15) is 44.1 Å². The average Bonchev–Trinajstić information content (AvgIpc) is 3.06. The van der Waals surface area contributed by atoms with Gasteiger partial charge in [-0.15, -0.1) is 0 Å². The van der Waals surface area contributed by atoms with E-state index in [0.717, 1.165) is 30.0 Å². The highest BCUT2D eigenvalue weighted by Crippen LogP contribution is 2.33. The lowest BCUT2D eigenvalue weighted by molar-refractivity contribution is -0.134. The highest BCUT2D eigenvalue weighted by Gasteiger charge is 2.23. The summed E-state index contributed by atoms with van der Waals surface area (Å²) in [6, 6.07) is 16.7. The van der Waals surface area contributed by atoms with Gasteiger partial charge in [0.05, 0.1) is 0 Å². The lowest BCUT2D eigenvalue weighted by Gasteiger charge is -2.28. The van der Waals surface area contributed by atoms with E-state index in [1.807, 2.05) is 24.3 Å². The second kappa shape index (κ2) is 8.15. The molecular formula is C21H24N2O3. The van der Waals surface area contributed by atoms with Gasteiger partial charge in [-0.3, -0.25) is 4.79 Å². The minimum absolute atomic E-state index is 0.295. The molecule has 1 aromatic heterocycles. The van der Waals surface area contributed by atoms with E-state index in [9.17, 15) is 0 Å². The van der Waals surface area contributed by atoms with Crippen LogP contribution in [-0.4, -0.2) is 22.1 Å². The van der Waals surface area contributed by atoms with Crippen molar-refractivity contribution in [2.45, 2.75) is 44.6 Å². The van der Waals surface area contributed by atoms with Gasteiger partial charge in [0.2, 0.25) is 5.89 Å². The largest absolute Gasteiger partial charge is 0.481 e. The molecule has 0 aliphatic heterocycles. The number of oxazole rings is 1. The first-order valence-electron chi connectivity index (χ1n) is 8.95. The quantitative estimate of drug-likeness (QED) is 0.705.